The number of aliphatic hydroxyl groups excluding tert-OH is 1. The van der Waals surface area contributed by atoms with Gasteiger partial charge in [-0.2, -0.15) is 0 Å². The molecular formula is C11H13NO3. The molecule has 1 aliphatic rings. The number of para-hydroxylation sites is 1. The van der Waals surface area contributed by atoms with E-state index in [1.807, 2.05) is 12.1 Å². The van der Waals surface area contributed by atoms with Crippen LogP contribution in [0.5, 0.6) is 0 Å². The maximum absolute atomic E-state index is 11.3. The van der Waals surface area contributed by atoms with Crippen LogP contribution in [0.4, 0.5) is 5.69 Å². The quantitative estimate of drug-likeness (QED) is 0.772. The predicted octanol–water partition coefficient (Wildman–Crippen LogP) is 0.861. The minimum atomic E-state index is -1.03. The third kappa shape index (κ3) is 1.73. The van der Waals surface area contributed by atoms with Crippen LogP contribution in [0.1, 0.15) is 17.2 Å². The first-order valence-electron chi connectivity index (χ1n) is 4.83. The smallest absolute Gasteiger partial charge is 0.257 e. The third-order valence-electron chi connectivity index (χ3n) is 2.55. The highest BCUT2D eigenvalue weighted by atomic mass is 16.5. The van der Waals surface area contributed by atoms with Crippen LogP contribution in [0.3, 0.4) is 0 Å². The van der Waals surface area contributed by atoms with E-state index < -0.39 is 6.10 Å². The van der Waals surface area contributed by atoms with E-state index in [1.54, 1.807) is 13.2 Å². The molecular weight excluding hydrogens is 194 g/mol. The zero-order chi connectivity index (χ0) is 10.8. The topological polar surface area (TPSA) is 58.6 Å². The molecule has 2 N–H and O–H groups in total. The van der Waals surface area contributed by atoms with Gasteiger partial charge in [0.1, 0.15) is 0 Å². The van der Waals surface area contributed by atoms with Crippen LogP contribution < -0.4 is 5.32 Å². The molecule has 15 heavy (non-hydrogen) atoms. The van der Waals surface area contributed by atoms with Crippen LogP contribution in [-0.2, 0) is 16.0 Å². The van der Waals surface area contributed by atoms with Gasteiger partial charge in [-0.25, -0.2) is 0 Å². The monoisotopic (exact) mass is 207 g/mol. The van der Waals surface area contributed by atoms with Crippen LogP contribution >= 0.6 is 0 Å². The molecule has 0 aliphatic carbocycles. The number of nitrogens with one attached hydrogen (secondary N) is 1. The SMILES string of the molecule is COCCc1cccc2c1NC(=O)C2O. The lowest BCUT2D eigenvalue weighted by Gasteiger charge is -2.07. The van der Waals surface area contributed by atoms with Gasteiger partial charge in [-0.15, -0.1) is 0 Å². The molecule has 0 saturated heterocycles. The summed E-state index contributed by atoms with van der Waals surface area (Å²) < 4.78 is 4.98. The van der Waals surface area contributed by atoms with E-state index in [2.05, 4.69) is 5.32 Å². The number of methoxy groups -OCH3 is 1. The Kier molecular flexibility index (Phi) is 2.70. The Morgan fingerprint density at radius 1 is 1.53 bits per heavy atom. The minimum absolute atomic E-state index is 0.352. The van der Waals surface area contributed by atoms with Gasteiger partial charge in [-0.05, 0) is 12.0 Å². The van der Waals surface area contributed by atoms with Crippen molar-refractivity contribution in [1.82, 2.24) is 0 Å². The predicted molar refractivity (Wildman–Crippen MR) is 55.6 cm³/mol. The van der Waals surface area contributed by atoms with Crippen molar-refractivity contribution in [2.45, 2.75) is 12.5 Å². The van der Waals surface area contributed by atoms with Gasteiger partial charge in [0, 0.05) is 12.7 Å². The molecule has 4 heteroatoms. The number of hydrogen-bond donors (Lipinski definition) is 2. The average Bonchev–Trinajstić information content (AvgIpc) is 2.53. The summed E-state index contributed by atoms with van der Waals surface area (Å²) >= 11 is 0. The second-order valence-electron chi connectivity index (χ2n) is 3.52. The van der Waals surface area contributed by atoms with E-state index in [1.165, 1.54) is 0 Å². The van der Waals surface area contributed by atoms with Crippen LogP contribution in [0.15, 0.2) is 18.2 Å². The van der Waals surface area contributed by atoms with Gasteiger partial charge in [0.15, 0.2) is 6.10 Å². The summed E-state index contributed by atoms with van der Waals surface area (Å²) in [6.45, 7) is 0.600. The molecule has 0 spiro atoms. The Bertz CT molecular complexity index is 389. The Balaban J connectivity index is 2.32. The zero-order valence-electron chi connectivity index (χ0n) is 8.49. The van der Waals surface area contributed by atoms with Gasteiger partial charge in [0.05, 0.1) is 12.3 Å². The molecule has 4 nitrogen and oxygen atoms in total. The molecule has 0 bridgehead atoms. The highest BCUT2D eigenvalue weighted by molar-refractivity contribution is 6.02. The van der Waals surface area contributed by atoms with Crippen molar-refractivity contribution in [3.8, 4) is 0 Å². The number of carbonyl (C=O) groups excluding carboxylic acids is 1. The van der Waals surface area contributed by atoms with Gasteiger partial charge in [-0.1, -0.05) is 18.2 Å². The summed E-state index contributed by atoms with van der Waals surface area (Å²) in [5.74, 6) is -0.352. The highest BCUT2D eigenvalue weighted by Crippen LogP contribution is 2.33. The van der Waals surface area contributed by atoms with E-state index in [0.29, 0.717) is 12.2 Å². The molecule has 1 aromatic rings. The van der Waals surface area contributed by atoms with Crippen molar-refractivity contribution in [1.29, 1.82) is 0 Å². The van der Waals surface area contributed by atoms with Crippen LogP contribution in [0, 0.1) is 0 Å². The lowest BCUT2D eigenvalue weighted by molar-refractivity contribution is -0.123. The number of hydrogen-bond acceptors (Lipinski definition) is 3. The first-order valence-corrected chi connectivity index (χ1v) is 4.83. The summed E-state index contributed by atoms with van der Waals surface area (Å²) in [5.41, 5.74) is 2.40. The molecule has 0 radical (unpaired) electrons. The summed E-state index contributed by atoms with van der Waals surface area (Å²) in [4.78, 5) is 11.3. The number of rotatable bonds is 3. The second kappa shape index (κ2) is 4.00. The maximum Gasteiger partial charge on any atom is 0.257 e. The summed E-state index contributed by atoms with van der Waals surface area (Å²) in [6, 6.07) is 5.53. The lowest BCUT2D eigenvalue weighted by atomic mass is 10.0. The molecule has 2 rings (SSSR count). The maximum atomic E-state index is 11.3. The van der Waals surface area contributed by atoms with E-state index >= 15 is 0 Å². The van der Waals surface area contributed by atoms with Crippen LogP contribution in [0.2, 0.25) is 0 Å². The molecule has 0 saturated carbocycles. The van der Waals surface area contributed by atoms with E-state index in [9.17, 15) is 9.90 Å². The summed E-state index contributed by atoms with van der Waals surface area (Å²) in [5, 5.41) is 12.2. The van der Waals surface area contributed by atoms with E-state index in [0.717, 1.165) is 17.7 Å². The number of carbonyl (C=O) groups is 1. The zero-order valence-corrected chi connectivity index (χ0v) is 8.49. The Hall–Kier alpha value is -1.39. The largest absolute Gasteiger partial charge is 0.384 e. The number of aliphatic hydroxyl groups is 1. The number of ether oxygens (including phenoxy) is 1. The summed E-state index contributed by atoms with van der Waals surface area (Å²) in [6.07, 6.45) is -0.297. The van der Waals surface area contributed by atoms with Crippen LogP contribution in [0.25, 0.3) is 0 Å². The molecule has 80 valence electrons. The second-order valence-corrected chi connectivity index (χ2v) is 3.52. The molecule has 1 heterocycles. The summed E-state index contributed by atoms with van der Waals surface area (Å²) in [7, 11) is 1.64. The molecule has 1 atom stereocenters. The van der Waals surface area contributed by atoms with E-state index in [4.69, 9.17) is 4.74 Å². The van der Waals surface area contributed by atoms with E-state index in [-0.39, 0.29) is 5.91 Å². The Labute approximate surface area is 87.9 Å². The van der Waals surface area contributed by atoms with Crippen molar-refractivity contribution in [2.24, 2.45) is 0 Å². The van der Waals surface area contributed by atoms with Gasteiger partial charge < -0.3 is 15.2 Å². The van der Waals surface area contributed by atoms with Crippen molar-refractivity contribution in [2.75, 3.05) is 19.0 Å². The fraction of sp³-hybridized carbons (Fsp3) is 0.364. The van der Waals surface area contributed by atoms with Crippen LogP contribution in [-0.4, -0.2) is 24.7 Å². The van der Waals surface area contributed by atoms with Crippen molar-refractivity contribution in [3.05, 3.63) is 29.3 Å². The van der Waals surface area contributed by atoms with Gasteiger partial charge >= 0.3 is 0 Å². The number of anilines is 1. The molecule has 1 aromatic carbocycles. The molecule has 1 aliphatic heterocycles. The number of benzene rings is 1. The normalized spacial score (nSPS) is 18.8. The molecule has 1 unspecified atom stereocenters. The van der Waals surface area contributed by atoms with Gasteiger partial charge in [-0.3, -0.25) is 4.79 Å². The fourth-order valence-electron chi connectivity index (χ4n) is 1.75. The number of fused-ring (bicyclic) bond motifs is 1. The third-order valence-corrected chi connectivity index (χ3v) is 2.55. The Morgan fingerprint density at radius 3 is 3.07 bits per heavy atom. The first-order chi connectivity index (χ1) is 7.24. The molecule has 0 aromatic heterocycles. The number of amides is 1. The van der Waals surface area contributed by atoms with Crippen molar-refractivity contribution in [3.63, 3.8) is 0 Å². The minimum Gasteiger partial charge on any atom is -0.384 e. The molecule has 0 fully saturated rings. The Morgan fingerprint density at radius 2 is 2.33 bits per heavy atom. The standard InChI is InChI=1S/C11H13NO3/c1-15-6-5-7-3-2-4-8-9(7)12-11(14)10(8)13/h2-4,10,13H,5-6H2,1H3,(H,12,14). The molecule has 1 amide bonds. The lowest BCUT2D eigenvalue weighted by Crippen LogP contribution is -2.11. The first kappa shape index (κ1) is 10.1. The fourth-order valence-corrected chi connectivity index (χ4v) is 1.75. The average molecular weight is 207 g/mol. The van der Waals surface area contributed by atoms with Crippen molar-refractivity contribution < 1.29 is 14.6 Å². The van der Waals surface area contributed by atoms with Crippen molar-refractivity contribution >= 4 is 11.6 Å². The van der Waals surface area contributed by atoms with Gasteiger partial charge in [0.25, 0.3) is 5.91 Å². The van der Waals surface area contributed by atoms with Gasteiger partial charge in [0.2, 0.25) is 0 Å². The highest BCUT2D eigenvalue weighted by Gasteiger charge is 2.29.